The quantitative estimate of drug-likeness (QED) is 0.155. The fourth-order valence-corrected chi connectivity index (χ4v) is 14.2. The molecule has 0 heterocycles. The number of fused-ring (bicyclic) bond motifs is 16. The molecule has 2 aliphatic carbocycles. The zero-order valence-corrected chi connectivity index (χ0v) is 39.6. The second kappa shape index (κ2) is 13.3. The van der Waals surface area contributed by atoms with E-state index in [4.69, 9.17) is 0 Å². The lowest BCUT2D eigenvalue weighted by molar-refractivity contribution is 0.660. The normalized spacial score (nSPS) is 14.5. The molecule has 0 fully saturated rings. The topological polar surface area (TPSA) is 0 Å². The van der Waals surface area contributed by atoms with Gasteiger partial charge in [-0.1, -0.05) is 210 Å². The lowest BCUT2D eigenvalue weighted by atomic mass is 9.80. The first kappa shape index (κ1) is 38.6. The molecule has 0 N–H and O–H groups in total. The average Bonchev–Trinajstić information content (AvgIpc) is 4.05. The predicted molar refractivity (Wildman–Crippen MR) is 300 cm³/mol. The minimum atomic E-state index is -0.152. The van der Waals surface area contributed by atoms with Gasteiger partial charge in [0.2, 0.25) is 0 Å². The van der Waals surface area contributed by atoms with E-state index < -0.39 is 0 Å². The molecule has 14 aromatic carbocycles. The van der Waals surface area contributed by atoms with Crippen LogP contribution < -0.4 is 0 Å². The maximum Gasteiger partial charge on any atom is 0.0159 e. The highest BCUT2D eigenvalue weighted by atomic mass is 14.4. The van der Waals surface area contributed by atoms with Crippen LogP contribution in [0.25, 0.3) is 142 Å². The molecule has 0 heteroatoms. The summed E-state index contributed by atoms with van der Waals surface area (Å²) >= 11 is 0. The largest absolute Gasteiger partial charge is 0.0622 e. The third-order valence-corrected chi connectivity index (χ3v) is 17.3. The first-order valence-corrected chi connectivity index (χ1v) is 25.0. The highest BCUT2D eigenvalue weighted by Crippen LogP contribution is 2.58. The Morgan fingerprint density at radius 2 is 0.757 bits per heavy atom. The molecule has 0 saturated heterocycles. The zero-order chi connectivity index (χ0) is 46.4. The molecule has 14 aromatic rings. The molecule has 0 atom stereocenters. The number of hydrogen-bond donors (Lipinski definition) is 0. The van der Waals surface area contributed by atoms with Crippen LogP contribution in [0.1, 0.15) is 49.9 Å². The molecule has 0 nitrogen and oxygen atoms in total. The summed E-state index contributed by atoms with van der Waals surface area (Å²) in [6, 6.07) is 79.3. The Morgan fingerprint density at radius 3 is 1.49 bits per heavy atom. The van der Waals surface area contributed by atoms with Crippen molar-refractivity contribution in [3.63, 3.8) is 0 Å². The first-order valence-electron chi connectivity index (χ1n) is 25.0. The summed E-state index contributed by atoms with van der Waals surface area (Å²) in [5.41, 5.74) is 18.4. The Hall–Kier alpha value is -8.32. The molecule has 0 bridgehead atoms. The van der Waals surface area contributed by atoms with Crippen LogP contribution in [0.4, 0.5) is 0 Å². The second-order valence-corrected chi connectivity index (χ2v) is 21.4. The monoisotopic (exact) mass is 886 g/mol. The Bertz CT molecular complexity index is 4620. The summed E-state index contributed by atoms with van der Waals surface area (Å²) in [5, 5.41) is 21.1. The number of hydrogen-bond acceptors (Lipinski definition) is 0. The summed E-state index contributed by atoms with van der Waals surface area (Å²) in [5.74, 6) is 0. The van der Waals surface area contributed by atoms with E-state index in [1.54, 1.807) is 0 Å². The van der Waals surface area contributed by atoms with Crippen molar-refractivity contribution in [2.75, 3.05) is 0 Å². The molecular weight excluding hydrogens is 841 g/mol. The summed E-state index contributed by atoms with van der Waals surface area (Å²) < 4.78 is 0. The average molecular weight is 887 g/mol. The second-order valence-electron chi connectivity index (χ2n) is 21.4. The van der Waals surface area contributed by atoms with Crippen molar-refractivity contribution in [3.8, 4) is 55.6 Å². The summed E-state index contributed by atoms with van der Waals surface area (Å²) in [7, 11) is 0. The van der Waals surface area contributed by atoms with Crippen molar-refractivity contribution in [1.29, 1.82) is 0 Å². The van der Waals surface area contributed by atoms with Gasteiger partial charge in [0.25, 0.3) is 0 Å². The molecule has 70 heavy (non-hydrogen) atoms. The van der Waals surface area contributed by atoms with Gasteiger partial charge in [0, 0.05) is 10.8 Å². The molecule has 0 aliphatic heterocycles. The van der Waals surface area contributed by atoms with E-state index in [0.29, 0.717) is 0 Å². The van der Waals surface area contributed by atoms with Crippen LogP contribution in [0, 0.1) is 0 Å². The highest BCUT2D eigenvalue weighted by Gasteiger charge is 2.38. The van der Waals surface area contributed by atoms with Crippen molar-refractivity contribution >= 4 is 86.2 Å². The third kappa shape index (κ3) is 4.72. The van der Waals surface area contributed by atoms with Crippen LogP contribution in [0.3, 0.4) is 0 Å². The van der Waals surface area contributed by atoms with Crippen molar-refractivity contribution in [2.24, 2.45) is 0 Å². The van der Waals surface area contributed by atoms with Crippen molar-refractivity contribution in [2.45, 2.75) is 38.5 Å². The van der Waals surface area contributed by atoms with Gasteiger partial charge in [-0.2, -0.15) is 0 Å². The van der Waals surface area contributed by atoms with Crippen molar-refractivity contribution < 1.29 is 0 Å². The SMILES string of the molecule is CC1(C)c2ccccc2-c2ccc(-c3c4cc5c6ccccc6c6cccc(c4c(-c4ccccc4)c4c7cc8ccccc8c8c(-c9ccc%10c(c9)C(C)(C)c9ccccc9-%10)ccc(c34)c78)c65)cc21. The molecule has 0 saturated carbocycles. The van der Waals surface area contributed by atoms with Crippen LogP contribution in [-0.2, 0) is 10.8 Å². The molecule has 0 unspecified atom stereocenters. The van der Waals surface area contributed by atoms with Crippen LogP contribution in [-0.4, -0.2) is 0 Å². The highest BCUT2D eigenvalue weighted by molar-refractivity contribution is 6.46. The maximum absolute atomic E-state index is 2.58. The van der Waals surface area contributed by atoms with Gasteiger partial charge in [-0.3, -0.25) is 0 Å². The maximum atomic E-state index is 2.58. The smallest absolute Gasteiger partial charge is 0.0159 e. The van der Waals surface area contributed by atoms with Gasteiger partial charge < -0.3 is 0 Å². The van der Waals surface area contributed by atoms with E-state index in [1.807, 2.05) is 0 Å². The third-order valence-electron chi connectivity index (χ3n) is 17.3. The van der Waals surface area contributed by atoms with Crippen LogP contribution in [0.5, 0.6) is 0 Å². The Morgan fingerprint density at radius 1 is 0.229 bits per heavy atom. The van der Waals surface area contributed by atoms with E-state index in [9.17, 15) is 0 Å². The van der Waals surface area contributed by atoms with Crippen LogP contribution >= 0.6 is 0 Å². The predicted octanol–water partition coefficient (Wildman–Crippen LogP) is 19.4. The van der Waals surface area contributed by atoms with Gasteiger partial charge in [0.05, 0.1) is 0 Å². The van der Waals surface area contributed by atoms with Gasteiger partial charge >= 0.3 is 0 Å². The molecule has 0 aromatic heterocycles. The summed E-state index contributed by atoms with van der Waals surface area (Å²) in [4.78, 5) is 0. The number of rotatable bonds is 3. The lowest BCUT2D eigenvalue weighted by Crippen LogP contribution is -2.14. The lowest BCUT2D eigenvalue weighted by Gasteiger charge is -2.23. The van der Waals surface area contributed by atoms with Gasteiger partial charge in [0.15, 0.2) is 0 Å². The van der Waals surface area contributed by atoms with E-state index in [-0.39, 0.29) is 10.8 Å². The zero-order valence-electron chi connectivity index (χ0n) is 39.6. The number of benzene rings is 12. The molecule has 0 amide bonds. The van der Waals surface area contributed by atoms with E-state index >= 15 is 0 Å². The minimum Gasteiger partial charge on any atom is -0.0622 e. The Labute approximate surface area is 406 Å². The van der Waals surface area contributed by atoms with E-state index in [0.717, 1.165) is 0 Å². The van der Waals surface area contributed by atoms with Gasteiger partial charge in [-0.15, -0.1) is 0 Å². The molecule has 0 radical (unpaired) electrons. The Kier molecular flexibility index (Phi) is 7.32. The van der Waals surface area contributed by atoms with Crippen LogP contribution in [0.15, 0.2) is 206 Å². The molecule has 2 aliphatic rings. The van der Waals surface area contributed by atoms with E-state index in [1.165, 1.54) is 164 Å². The first-order chi connectivity index (χ1) is 34.3. The molecular formula is C70H46. The fourth-order valence-electron chi connectivity index (χ4n) is 14.2. The van der Waals surface area contributed by atoms with Crippen molar-refractivity contribution in [3.05, 3.63) is 229 Å². The van der Waals surface area contributed by atoms with Gasteiger partial charge in [0.1, 0.15) is 0 Å². The molecule has 0 spiro atoms. The molecule has 326 valence electrons. The molecule has 16 rings (SSSR count). The van der Waals surface area contributed by atoms with Crippen LogP contribution in [0.2, 0.25) is 0 Å². The Balaban J connectivity index is 1.13. The van der Waals surface area contributed by atoms with E-state index in [2.05, 4.69) is 234 Å². The standard InChI is InChI=1S/C70H46/c1-69(2)57-27-14-12-23-47(57)49-31-29-41(36-59(49)69)44-33-34-53-66-55(35-40-19-8-9-20-43(40)64(44)66)68-62(39-17-6-5-7-18-39)65-52-26-16-25-51-45-21-10-11-22-46(45)54(63(51)52)38-56(65)61(67(53)68)42-30-32-50-48-24-13-15-28-58(48)70(3,4)60(50)37-42/h5-38H,1-4H3. The summed E-state index contributed by atoms with van der Waals surface area (Å²) in [6.07, 6.45) is 0. The minimum absolute atomic E-state index is 0.106. The van der Waals surface area contributed by atoms with Gasteiger partial charge in [-0.05, 0) is 188 Å². The fraction of sp³-hybridized carbons (Fsp3) is 0.0857. The summed E-state index contributed by atoms with van der Waals surface area (Å²) in [6.45, 7) is 9.62. The van der Waals surface area contributed by atoms with Gasteiger partial charge in [-0.25, -0.2) is 0 Å². The van der Waals surface area contributed by atoms with Crippen molar-refractivity contribution in [1.82, 2.24) is 0 Å².